The number of nitrogens with zero attached hydrogens (tertiary/aromatic N) is 1. The molecule has 1 spiro atoms. The number of hydrogen-bond donors (Lipinski definition) is 2. The van der Waals surface area contributed by atoms with Crippen molar-refractivity contribution < 1.29 is 0 Å². The van der Waals surface area contributed by atoms with Crippen LogP contribution in [0.4, 0.5) is 0 Å². The van der Waals surface area contributed by atoms with Gasteiger partial charge in [-0.1, -0.05) is 27.2 Å². The predicted molar refractivity (Wildman–Crippen MR) is 75.4 cm³/mol. The summed E-state index contributed by atoms with van der Waals surface area (Å²) >= 11 is 5.45. The van der Waals surface area contributed by atoms with Crippen LogP contribution in [-0.4, -0.2) is 22.3 Å². The molecule has 2 atom stereocenters. The van der Waals surface area contributed by atoms with Gasteiger partial charge in [0.05, 0.1) is 0 Å². The summed E-state index contributed by atoms with van der Waals surface area (Å²) in [5, 5.41) is 6.58. The summed E-state index contributed by atoms with van der Waals surface area (Å²) in [6.07, 6.45) is 6.31. The average Bonchev–Trinajstić information content (AvgIpc) is 2.58. The fourth-order valence-corrected chi connectivity index (χ4v) is 3.14. The van der Waals surface area contributed by atoms with E-state index in [1.807, 2.05) is 0 Å². The predicted octanol–water partition coefficient (Wildman–Crippen LogP) is 2.63. The molecule has 0 aromatic rings. The average molecular weight is 255 g/mol. The smallest absolute Gasteiger partial charge is 0.185 e. The molecular weight excluding hydrogens is 230 g/mol. The summed E-state index contributed by atoms with van der Waals surface area (Å²) in [5.41, 5.74) is 3.69. The van der Waals surface area contributed by atoms with Gasteiger partial charge < -0.3 is 5.32 Å². The van der Waals surface area contributed by atoms with Gasteiger partial charge in [-0.15, -0.1) is 0 Å². The van der Waals surface area contributed by atoms with E-state index < -0.39 is 0 Å². The highest BCUT2D eigenvalue weighted by atomic mass is 32.1. The maximum atomic E-state index is 5.45. The highest BCUT2D eigenvalue weighted by molar-refractivity contribution is 7.80. The van der Waals surface area contributed by atoms with Crippen LogP contribution in [0.1, 0.15) is 52.9 Å². The second-order valence-corrected chi connectivity index (χ2v) is 6.38. The minimum absolute atomic E-state index is 0.0479. The first kappa shape index (κ1) is 13.1. The minimum Gasteiger partial charge on any atom is -0.342 e. The van der Waals surface area contributed by atoms with E-state index in [9.17, 15) is 0 Å². The summed E-state index contributed by atoms with van der Waals surface area (Å²) < 4.78 is 0. The third kappa shape index (κ3) is 2.74. The molecule has 98 valence electrons. The number of thiocarbonyl (C=S) groups is 1. The number of hydrogen-bond acceptors (Lipinski definition) is 2. The topological polar surface area (TPSA) is 27.3 Å². The summed E-state index contributed by atoms with van der Waals surface area (Å²) in [6.45, 7) is 7.85. The molecule has 0 amide bonds. The zero-order valence-electron chi connectivity index (χ0n) is 11.3. The Labute approximate surface area is 110 Å². The van der Waals surface area contributed by atoms with Crippen LogP contribution in [0, 0.1) is 11.8 Å². The Balaban J connectivity index is 1.97. The molecule has 4 heteroatoms. The zero-order chi connectivity index (χ0) is 12.5. The molecule has 17 heavy (non-hydrogen) atoms. The van der Waals surface area contributed by atoms with E-state index in [-0.39, 0.29) is 5.66 Å². The highest BCUT2D eigenvalue weighted by Gasteiger charge is 2.45. The second-order valence-electron chi connectivity index (χ2n) is 5.99. The van der Waals surface area contributed by atoms with Crippen LogP contribution >= 0.6 is 12.2 Å². The van der Waals surface area contributed by atoms with Gasteiger partial charge in [0.1, 0.15) is 5.66 Å². The summed E-state index contributed by atoms with van der Waals surface area (Å²) in [5.74, 6) is 1.37. The Morgan fingerprint density at radius 1 is 1.47 bits per heavy atom. The lowest BCUT2D eigenvalue weighted by atomic mass is 9.81. The van der Waals surface area contributed by atoms with Crippen molar-refractivity contribution in [2.24, 2.45) is 11.8 Å². The molecule has 1 heterocycles. The molecule has 0 radical (unpaired) electrons. The van der Waals surface area contributed by atoms with Gasteiger partial charge in [-0.3, -0.25) is 5.01 Å². The molecular formula is C13H25N3S. The van der Waals surface area contributed by atoms with Gasteiger partial charge >= 0.3 is 0 Å². The Morgan fingerprint density at radius 3 is 2.88 bits per heavy atom. The van der Waals surface area contributed by atoms with Gasteiger partial charge in [0.25, 0.3) is 0 Å². The molecule has 0 bridgehead atoms. The molecule has 1 saturated carbocycles. The SMILES string of the molecule is CC(C)CCN1N[C@@]2(CCCC[C@@H]2C)NC1=S. The van der Waals surface area contributed by atoms with Crippen LogP contribution in [0.5, 0.6) is 0 Å². The van der Waals surface area contributed by atoms with Gasteiger partial charge in [-0.25, -0.2) is 5.43 Å². The van der Waals surface area contributed by atoms with Crippen molar-refractivity contribution in [1.82, 2.24) is 15.8 Å². The van der Waals surface area contributed by atoms with Crippen molar-refractivity contribution in [3.8, 4) is 0 Å². The van der Waals surface area contributed by atoms with Gasteiger partial charge in [0.15, 0.2) is 5.11 Å². The first-order chi connectivity index (χ1) is 8.03. The van der Waals surface area contributed by atoms with E-state index in [4.69, 9.17) is 12.2 Å². The van der Waals surface area contributed by atoms with Crippen LogP contribution in [0.2, 0.25) is 0 Å². The van der Waals surface area contributed by atoms with Gasteiger partial charge in [0, 0.05) is 6.54 Å². The van der Waals surface area contributed by atoms with Gasteiger partial charge in [-0.05, 0) is 49.7 Å². The maximum absolute atomic E-state index is 5.45. The molecule has 2 rings (SSSR count). The van der Waals surface area contributed by atoms with Crippen molar-refractivity contribution in [3.05, 3.63) is 0 Å². The summed E-state index contributed by atoms with van der Waals surface area (Å²) in [6, 6.07) is 0. The van der Waals surface area contributed by atoms with E-state index in [0.29, 0.717) is 5.92 Å². The molecule has 2 aliphatic rings. The fraction of sp³-hybridized carbons (Fsp3) is 0.923. The van der Waals surface area contributed by atoms with Crippen LogP contribution in [0.3, 0.4) is 0 Å². The minimum atomic E-state index is 0.0479. The normalized spacial score (nSPS) is 33.5. The van der Waals surface area contributed by atoms with E-state index in [1.54, 1.807) is 0 Å². The lowest BCUT2D eigenvalue weighted by Crippen LogP contribution is -2.57. The van der Waals surface area contributed by atoms with Gasteiger partial charge in [0.2, 0.25) is 0 Å². The largest absolute Gasteiger partial charge is 0.342 e. The summed E-state index contributed by atoms with van der Waals surface area (Å²) in [7, 11) is 0. The van der Waals surface area contributed by atoms with Crippen LogP contribution in [0.25, 0.3) is 0 Å². The molecule has 1 aliphatic heterocycles. The second kappa shape index (κ2) is 5.11. The van der Waals surface area contributed by atoms with E-state index in [1.165, 1.54) is 32.1 Å². The first-order valence-corrected chi connectivity index (χ1v) is 7.32. The first-order valence-electron chi connectivity index (χ1n) is 6.91. The van der Waals surface area contributed by atoms with Crippen molar-refractivity contribution >= 4 is 17.3 Å². The molecule has 0 aromatic heterocycles. The zero-order valence-corrected chi connectivity index (χ0v) is 12.1. The van der Waals surface area contributed by atoms with Crippen molar-refractivity contribution in [2.45, 2.75) is 58.5 Å². The van der Waals surface area contributed by atoms with Crippen LogP contribution < -0.4 is 10.7 Å². The third-order valence-electron chi connectivity index (χ3n) is 4.14. The van der Waals surface area contributed by atoms with Crippen molar-refractivity contribution in [3.63, 3.8) is 0 Å². The van der Waals surface area contributed by atoms with E-state index >= 15 is 0 Å². The van der Waals surface area contributed by atoms with E-state index in [0.717, 1.165) is 17.6 Å². The van der Waals surface area contributed by atoms with Crippen LogP contribution in [0.15, 0.2) is 0 Å². The third-order valence-corrected chi connectivity index (χ3v) is 4.46. The molecule has 2 N–H and O–H groups in total. The lowest BCUT2D eigenvalue weighted by molar-refractivity contribution is 0.105. The Hall–Kier alpha value is -0.350. The van der Waals surface area contributed by atoms with Gasteiger partial charge in [-0.2, -0.15) is 0 Å². The standard InChI is InChI=1S/C13H25N3S/c1-10(2)7-9-16-12(17)14-13(15-16)8-5-4-6-11(13)3/h10-11,15H,4-9H2,1-3H3,(H,14,17)/t11-,13+/m0/s1. The van der Waals surface area contributed by atoms with Crippen molar-refractivity contribution in [1.29, 1.82) is 0 Å². The number of nitrogens with one attached hydrogen (secondary N) is 2. The number of rotatable bonds is 3. The summed E-state index contributed by atoms with van der Waals surface area (Å²) in [4.78, 5) is 0. The Morgan fingerprint density at radius 2 is 2.24 bits per heavy atom. The lowest BCUT2D eigenvalue weighted by Gasteiger charge is -2.39. The molecule has 1 saturated heterocycles. The van der Waals surface area contributed by atoms with E-state index in [2.05, 4.69) is 36.5 Å². The Bertz CT molecular complexity index is 292. The monoisotopic (exact) mass is 255 g/mol. The molecule has 1 aliphatic carbocycles. The molecule has 0 unspecified atom stereocenters. The highest BCUT2D eigenvalue weighted by Crippen LogP contribution is 2.34. The fourth-order valence-electron chi connectivity index (χ4n) is 2.82. The molecule has 2 fully saturated rings. The molecule has 0 aromatic carbocycles. The van der Waals surface area contributed by atoms with Crippen LogP contribution in [-0.2, 0) is 0 Å². The maximum Gasteiger partial charge on any atom is 0.185 e. The number of hydrazine groups is 1. The molecule has 3 nitrogen and oxygen atoms in total. The Kier molecular flexibility index (Phi) is 3.93. The quantitative estimate of drug-likeness (QED) is 0.758. The van der Waals surface area contributed by atoms with Crippen molar-refractivity contribution in [2.75, 3.05) is 6.54 Å².